The van der Waals surface area contributed by atoms with Crippen LogP contribution in [0.15, 0.2) is 52.7 Å². The van der Waals surface area contributed by atoms with E-state index in [0.29, 0.717) is 31.7 Å². The fraction of sp³-hybridized carbons (Fsp3) is 0.348. The van der Waals surface area contributed by atoms with Crippen molar-refractivity contribution in [1.29, 1.82) is 10.5 Å². The molecule has 0 aliphatic rings. The molecule has 2 aromatic carbocycles. The monoisotopic (exact) mass is 463 g/mol. The van der Waals surface area contributed by atoms with Crippen LogP contribution in [0.4, 0.5) is 27.5 Å². The molecule has 1 N–H and O–H groups in total. The van der Waals surface area contributed by atoms with Gasteiger partial charge in [-0.3, -0.25) is 10.1 Å². The lowest BCUT2D eigenvalue weighted by Gasteiger charge is -2.23. The summed E-state index contributed by atoms with van der Waals surface area (Å²) in [5.74, 6) is 0. The molecule has 0 heterocycles. The Morgan fingerprint density at radius 2 is 1.94 bits per heavy atom. The minimum Gasteiger partial charge on any atom is -0.448 e. The molecule has 0 fully saturated rings. The second kappa shape index (κ2) is 13.8. The largest absolute Gasteiger partial charge is 0.448 e. The summed E-state index contributed by atoms with van der Waals surface area (Å²) < 4.78 is 5.20. The lowest BCUT2D eigenvalue weighted by molar-refractivity contribution is -0.384. The molecule has 1 amide bonds. The van der Waals surface area contributed by atoms with Crippen LogP contribution in [0.2, 0.25) is 0 Å². The zero-order valence-electron chi connectivity index (χ0n) is 18.8. The third-order valence-electron chi connectivity index (χ3n) is 4.69. The molecule has 0 aliphatic carbocycles. The van der Waals surface area contributed by atoms with Gasteiger partial charge in [-0.1, -0.05) is 13.3 Å². The van der Waals surface area contributed by atoms with E-state index in [1.807, 2.05) is 17.9 Å². The SMILES string of the molecule is CCCCNC(=O)OCCN(CCC#N)c1ccc(N=Nc2ccc([N+](=O)[O-])cc2C#N)cc1. The van der Waals surface area contributed by atoms with Crippen LogP contribution in [-0.4, -0.2) is 37.3 Å². The Labute approximate surface area is 197 Å². The van der Waals surface area contributed by atoms with Gasteiger partial charge in [-0.15, -0.1) is 5.11 Å². The van der Waals surface area contributed by atoms with Crippen molar-refractivity contribution in [2.45, 2.75) is 26.2 Å². The molecule has 0 atom stereocenters. The van der Waals surface area contributed by atoms with Crippen molar-refractivity contribution in [1.82, 2.24) is 5.32 Å². The van der Waals surface area contributed by atoms with Gasteiger partial charge in [-0.2, -0.15) is 15.6 Å². The van der Waals surface area contributed by atoms with Crippen molar-refractivity contribution < 1.29 is 14.5 Å². The maximum Gasteiger partial charge on any atom is 0.407 e. The molecule has 0 aliphatic heterocycles. The highest BCUT2D eigenvalue weighted by Crippen LogP contribution is 2.27. The lowest BCUT2D eigenvalue weighted by atomic mass is 10.2. The first-order valence-electron chi connectivity index (χ1n) is 10.7. The van der Waals surface area contributed by atoms with Crippen LogP contribution >= 0.6 is 0 Å². The van der Waals surface area contributed by atoms with Crippen molar-refractivity contribution in [3.05, 3.63) is 58.1 Å². The highest BCUT2D eigenvalue weighted by atomic mass is 16.6. The van der Waals surface area contributed by atoms with Crippen LogP contribution in [0.25, 0.3) is 0 Å². The highest BCUT2D eigenvalue weighted by Gasteiger charge is 2.11. The number of carbonyl (C=O) groups excluding carboxylic acids is 1. The first-order chi connectivity index (χ1) is 16.5. The lowest BCUT2D eigenvalue weighted by Crippen LogP contribution is -2.32. The average Bonchev–Trinajstić information content (AvgIpc) is 2.85. The van der Waals surface area contributed by atoms with Gasteiger partial charge in [0.15, 0.2) is 0 Å². The second-order valence-electron chi connectivity index (χ2n) is 7.10. The van der Waals surface area contributed by atoms with E-state index >= 15 is 0 Å². The number of hydrogen-bond donors (Lipinski definition) is 1. The van der Waals surface area contributed by atoms with Crippen molar-refractivity contribution in [3.8, 4) is 12.1 Å². The number of amides is 1. The van der Waals surface area contributed by atoms with Gasteiger partial charge in [-0.05, 0) is 36.8 Å². The van der Waals surface area contributed by atoms with E-state index in [1.54, 1.807) is 24.3 Å². The number of unbranched alkanes of at least 4 members (excludes halogenated alkanes) is 1. The molecule has 0 spiro atoms. The molecule has 34 heavy (non-hydrogen) atoms. The summed E-state index contributed by atoms with van der Waals surface area (Å²) in [5, 5.41) is 39.8. The Hall–Kier alpha value is -4.51. The van der Waals surface area contributed by atoms with Crippen molar-refractivity contribution >= 4 is 28.8 Å². The average molecular weight is 463 g/mol. The molecular weight excluding hydrogens is 438 g/mol. The molecular formula is C23H25N7O4. The van der Waals surface area contributed by atoms with E-state index in [9.17, 15) is 20.2 Å². The predicted octanol–water partition coefficient (Wildman–Crippen LogP) is 5.13. The summed E-state index contributed by atoms with van der Waals surface area (Å²) in [4.78, 5) is 23.9. The number of azo groups is 1. The topological polar surface area (TPSA) is 157 Å². The molecule has 2 rings (SSSR count). The number of nitro benzene ring substituents is 1. The first-order valence-corrected chi connectivity index (χ1v) is 10.7. The van der Waals surface area contributed by atoms with Gasteiger partial charge in [0.05, 0.1) is 35.2 Å². The van der Waals surface area contributed by atoms with Gasteiger partial charge in [0.2, 0.25) is 0 Å². The molecule has 2 aromatic rings. The van der Waals surface area contributed by atoms with Crippen LogP contribution in [-0.2, 0) is 4.74 Å². The molecule has 0 radical (unpaired) electrons. The Morgan fingerprint density at radius 3 is 2.59 bits per heavy atom. The van der Waals surface area contributed by atoms with Crippen molar-refractivity contribution in [2.75, 3.05) is 31.1 Å². The maximum atomic E-state index is 11.7. The molecule has 0 unspecified atom stereocenters. The predicted molar refractivity (Wildman–Crippen MR) is 125 cm³/mol. The summed E-state index contributed by atoms with van der Waals surface area (Å²) in [6.07, 6.45) is 1.70. The number of anilines is 1. The minimum absolute atomic E-state index is 0.0518. The van der Waals surface area contributed by atoms with Gasteiger partial charge in [0.1, 0.15) is 18.4 Å². The van der Waals surface area contributed by atoms with Crippen molar-refractivity contribution in [3.63, 3.8) is 0 Å². The third-order valence-corrected chi connectivity index (χ3v) is 4.69. The number of carbonyl (C=O) groups is 1. The Morgan fingerprint density at radius 1 is 1.18 bits per heavy atom. The fourth-order valence-electron chi connectivity index (χ4n) is 2.88. The van der Waals surface area contributed by atoms with Crippen LogP contribution < -0.4 is 10.2 Å². The van der Waals surface area contributed by atoms with Crippen LogP contribution in [0, 0.1) is 32.8 Å². The smallest absolute Gasteiger partial charge is 0.407 e. The maximum absolute atomic E-state index is 11.7. The summed E-state index contributed by atoms with van der Waals surface area (Å²) in [6, 6.07) is 14.8. The van der Waals surface area contributed by atoms with E-state index in [2.05, 4.69) is 21.6 Å². The third kappa shape index (κ3) is 8.20. The number of non-ortho nitro benzene ring substituents is 1. The number of benzene rings is 2. The van der Waals surface area contributed by atoms with Crippen LogP contribution in [0.5, 0.6) is 0 Å². The Balaban J connectivity index is 2.03. The normalized spacial score (nSPS) is 10.3. The molecule has 11 heteroatoms. The van der Waals surface area contributed by atoms with Crippen molar-refractivity contribution in [2.24, 2.45) is 10.2 Å². The molecule has 176 valence electrons. The second-order valence-corrected chi connectivity index (χ2v) is 7.10. The number of ether oxygens (including phenoxy) is 1. The zero-order chi connectivity index (χ0) is 24.8. The number of rotatable bonds is 12. The Kier molecular flexibility index (Phi) is 10.5. The molecule has 0 aromatic heterocycles. The summed E-state index contributed by atoms with van der Waals surface area (Å²) >= 11 is 0. The number of hydrogen-bond acceptors (Lipinski definition) is 9. The Bertz CT molecular complexity index is 1090. The number of nitriles is 2. The first kappa shape index (κ1) is 25.7. The highest BCUT2D eigenvalue weighted by molar-refractivity contribution is 5.67. The summed E-state index contributed by atoms with van der Waals surface area (Å²) in [7, 11) is 0. The van der Waals surface area contributed by atoms with Crippen LogP contribution in [0.3, 0.4) is 0 Å². The quantitative estimate of drug-likeness (QED) is 0.198. The van der Waals surface area contributed by atoms with E-state index in [-0.39, 0.29) is 23.5 Å². The van der Waals surface area contributed by atoms with Gasteiger partial charge in [0.25, 0.3) is 5.69 Å². The number of nitro groups is 1. The van der Waals surface area contributed by atoms with Gasteiger partial charge >= 0.3 is 6.09 Å². The molecule has 0 bridgehead atoms. The van der Waals surface area contributed by atoms with E-state index in [1.165, 1.54) is 12.1 Å². The molecule has 0 saturated carbocycles. The van der Waals surface area contributed by atoms with Gasteiger partial charge in [-0.25, -0.2) is 4.79 Å². The standard InChI is InChI=1S/C23H25N7O4/c1-2-3-12-26-23(31)34-15-14-29(13-4-11-24)20-7-5-19(6-8-20)27-28-22-10-9-21(30(32)33)16-18(22)17-25/h5-10,16H,2-4,12-15H2,1H3,(H,26,31). The van der Waals surface area contributed by atoms with E-state index in [4.69, 9.17) is 10.00 Å². The van der Waals surface area contributed by atoms with Gasteiger partial charge in [0, 0.05) is 30.9 Å². The molecule has 11 nitrogen and oxygen atoms in total. The van der Waals surface area contributed by atoms with Crippen LogP contribution in [0.1, 0.15) is 31.7 Å². The fourth-order valence-corrected chi connectivity index (χ4v) is 2.88. The van der Waals surface area contributed by atoms with Gasteiger partial charge < -0.3 is 15.0 Å². The molecule has 0 saturated heterocycles. The number of alkyl carbamates (subject to hydrolysis) is 1. The zero-order valence-corrected chi connectivity index (χ0v) is 18.8. The number of nitrogens with zero attached hydrogens (tertiary/aromatic N) is 6. The minimum atomic E-state index is -0.581. The number of nitrogens with one attached hydrogen (secondary N) is 1. The summed E-state index contributed by atoms with van der Waals surface area (Å²) in [6.45, 7) is 3.65. The van der Waals surface area contributed by atoms with E-state index in [0.717, 1.165) is 24.6 Å². The summed E-state index contributed by atoms with van der Waals surface area (Å²) in [5.41, 5.74) is 1.41. The van der Waals surface area contributed by atoms with E-state index < -0.39 is 11.0 Å².